The maximum absolute atomic E-state index is 13.2. The van der Waals surface area contributed by atoms with E-state index in [4.69, 9.17) is 4.74 Å². The van der Waals surface area contributed by atoms with Gasteiger partial charge in [0.25, 0.3) is 5.91 Å². The van der Waals surface area contributed by atoms with E-state index in [9.17, 15) is 14.0 Å². The van der Waals surface area contributed by atoms with Crippen LogP contribution >= 0.6 is 0 Å². The van der Waals surface area contributed by atoms with Gasteiger partial charge in [-0.3, -0.25) is 14.6 Å². The summed E-state index contributed by atoms with van der Waals surface area (Å²) < 4.78 is 18.9. The highest BCUT2D eigenvalue weighted by atomic mass is 19.1. The van der Waals surface area contributed by atoms with E-state index < -0.39 is 5.54 Å². The van der Waals surface area contributed by atoms with Crippen LogP contribution in [0.3, 0.4) is 0 Å². The molecule has 1 spiro atoms. The lowest BCUT2D eigenvalue weighted by Crippen LogP contribution is -2.56. The Morgan fingerprint density at radius 1 is 1.25 bits per heavy atom. The third kappa shape index (κ3) is 3.60. The van der Waals surface area contributed by atoms with Crippen molar-refractivity contribution in [2.75, 3.05) is 26.3 Å². The molecule has 7 nitrogen and oxygen atoms in total. The second-order valence-corrected chi connectivity index (χ2v) is 7.20. The average Bonchev–Trinajstić information content (AvgIpc) is 3.14. The van der Waals surface area contributed by atoms with Crippen molar-refractivity contribution in [3.63, 3.8) is 0 Å². The molecule has 1 aromatic carbocycles. The Hall–Kier alpha value is -2.87. The molecule has 1 unspecified atom stereocenters. The first-order valence-electron chi connectivity index (χ1n) is 9.25. The lowest BCUT2D eigenvalue weighted by molar-refractivity contribution is -0.137. The second-order valence-electron chi connectivity index (χ2n) is 7.20. The lowest BCUT2D eigenvalue weighted by Gasteiger charge is -2.40. The van der Waals surface area contributed by atoms with E-state index in [1.54, 1.807) is 21.9 Å². The van der Waals surface area contributed by atoms with Crippen molar-refractivity contribution in [2.24, 2.45) is 0 Å². The summed E-state index contributed by atoms with van der Waals surface area (Å²) in [7, 11) is 0. The Labute approximate surface area is 162 Å². The summed E-state index contributed by atoms with van der Waals surface area (Å²) >= 11 is 0. The van der Waals surface area contributed by atoms with Crippen LogP contribution in [0.5, 0.6) is 0 Å². The molecule has 2 fully saturated rings. The highest BCUT2D eigenvalue weighted by Gasteiger charge is 2.47. The number of carbonyl (C=O) groups is 2. The molecule has 1 atom stereocenters. The topological polar surface area (TPSA) is 75.6 Å². The molecule has 2 aliphatic rings. The third-order valence-electron chi connectivity index (χ3n) is 5.36. The summed E-state index contributed by atoms with van der Waals surface area (Å²) in [6.45, 7) is 1.94. The largest absolute Gasteiger partial charge is 0.379 e. The first kappa shape index (κ1) is 18.5. The molecule has 4 rings (SSSR count). The van der Waals surface area contributed by atoms with Gasteiger partial charge in [-0.05, 0) is 24.1 Å². The molecule has 0 saturated carbocycles. The van der Waals surface area contributed by atoms with Crippen molar-refractivity contribution in [2.45, 2.75) is 24.9 Å². The van der Waals surface area contributed by atoms with Gasteiger partial charge in [-0.15, -0.1) is 0 Å². The number of hydrogen-bond donors (Lipinski definition) is 0. The van der Waals surface area contributed by atoms with Crippen molar-refractivity contribution in [1.82, 2.24) is 19.8 Å². The SMILES string of the molecule is O=C(c1cnccn1)N1CCC(=O)N(Cc2ccc(F)cc2)C2(CCOC2)C1. The van der Waals surface area contributed by atoms with Crippen LogP contribution in [0.2, 0.25) is 0 Å². The van der Waals surface area contributed by atoms with Crippen molar-refractivity contribution < 1.29 is 18.7 Å². The predicted molar refractivity (Wildman–Crippen MR) is 97.7 cm³/mol. The fourth-order valence-electron chi connectivity index (χ4n) is 3.86. The molecule has 0 N–H and O–H groups in total. The van der Waals surface area contributed by atoms with Gasteiger partial charge in [-0.25, -0.2) is 9.37 Å². The maximum atomic E-state index is 13.2. The monoisotopic (exact) mass is 384 g/mol. The zero-order valence-corrected chi connectivity index (χ0v) is 15.4. The standard InChI is InChI=1S/C20H21FN4O3/c21-16-3-1-15(2-4-16)12-25-18(26)5-9-24(13-20(25)6-10-28-14-20)19(27)17-11-22-7-8-23-17/h1-4,7-8,11H,5-6,9-10,12-14H2. The molecule has 146 valence electrons. The first-order valence-corrected chi connectivity index (χ1v) is 9.25. The van der Waals surface area contributed by atoms with Crippen LogP contribution in [0.1, 0.15) is 28.9 Å². The zero-order valence-electron chi connectivity index (χ0n) is 15.4. The highest BCUT2D eigenvalue weighted by molar-refractivity contribution is 5.92. The number of nitrogens with zero attached hydrogens (tertiary/aromatic N) is 4. The van der Waals surface area contributed by atoms with E-state index in [0.29, 0.717) is 39.3 Å². The minimum Gasteiger partial charge on any atom is -0.379 e. The highest BCUT2D eigenvalue weighted by Crippen LogP contribution is 2.32. The molecule has 0 radical (unpaired) electrons. The summed E-state index contributed by atoms with van der Waals surface area (Å²) in [5.41, 5.74) is 0.505. The number of aromatic nitrogens is 2. The normalized spacial score (nSPS) is 22.5. The molecule has 3 heterocycles. The molecule has 0 aliphatic carbocycles. The number of rotatable bonds is 3. The molecule has 1 aromatic heterocycles. The Morgan fingerprint density at radius 3 is 2.75 bits per heavy atom. The van der Waals surface area contributed by atoms with Crippen molar-refractivity contribution in [3.05, 3.63) is 59.9 Å². The minimum absolute atomic E-state index is 0.0377. The van der Waals surface area contributed by atoms with Gasteiger partial charge in [0.2, 0.25) is 5.91 Å². The maximum Gasteiger partial charge on any atom is 0.274 e. The van der Waals surface area contributed by atoms with Crippen molar-refractivity contribution in [1.29, 1.82) is 0 Å². The number of benzene rings is 1. The van der Waals surface area contributed by atoms with Crippen LogP contribution in [0.15, 0.2) is 42.9 Å². The van der Waals surface area contributed by atoms with Gasteiger partial charge < -0.3 is 14.5 Å². The quantitative estimate of drug-likeness (QED) is 0.804. The lowest BCUT2D eigenvalue weighted by atomic mass is 9.94. The Balaban J connectivity index is 1.61. The summed E-state index contributed by atoms with van der Waals surface area (Å²) in [6, 6.07) is 6.14. The molecule has 2 saturated heterocycles. The van der Waals surface area contributed by atoms with Crippen LogP contribution < -0.4 is 0 Å². The zero-order chi connectivity index (χ0) is 19.6. The molecular formula is C20H21FN4O3. The van der Waals surface area contributed by atoms with Crippen LogP contribution in [-0.4, -0.2) is 63.4 Å². The minimum atomic E-state index is -0.597. The van der Waals surface area contributed by atoms with Gasteiger partial charge in [0, 0.05) is 45.1 Å². The fourth-order valence-corrected chi connectivity index (χ4v) is 3.86. The Morgan fingerprint density at radius 2 is 2.07 bits per heavy atom. The van der Waals surface area contributed by atoms with Gasteiger partial charge in [0.05, 0.1) is 18.3 Å². The Bertz CT molecular complexity index is 854. The van der Waals surface area contributed by atoms with Crippen LogP contribution in [0, 0.1) is 5.82 Å². The van der Waals surface area contributed by atoms with E-state index in [2.05, 4.69) is 9.97 Å². The van der Waals surface area contributed by atoms with Gasteiger partial charge in [0.15, 0.2) is 0 Å². The summed E-state index contributed by atoms with van der Waals surface area (Å²) in [6.07, 6.45) is 5.28. The molecule has 0 bridgehead atoms. The van der Waals surface area contributed by atoms with E-state index in [1.807, 2.05) is 0 Å². The number of hydrogen-bond acceptors (Lipinski definition) is 5. The van der Waals surface area contributed by atoms with Gasteiger partial charge in [0.1, 0.15) is 11.5 Å². The summed E-state index contributed by atoms with van der Waals surface area (Å²) in [4.78, 5) is 37.4. The van der Waals surface area contributed by atoms with Crippen LogP contribution in [0.25, 0.3) is 0 Å². The first-order chi connectivity index (χ1) is 13.6. The molecule has 2 aromatic rings. The molecule has 8 heteroatoms. The summed E-state index contributed by atoms with van der Waals surface area (Å²) in [5, 5.41) is 0. The van der Waals surface area contributed by atoms with E-state index in [-0.39, 0.29) is 29.7 Å². The van der Waals surface area contributed by atoms with Gasteiger partial charge in [-0.2, -0.15) is 0 Å². The van der Waals surface area contributed by atoms with Crippen molar-refractivity contribution in [3.8, 4) is 0 Å². The Kier molecular flexibility index (Phi) is 5.04. The number of halogens is 1. The summed E-state index contributed by atoms with van der Waals surface area (Å²) in [5.74, 6) is -0.592. The van der Waals surface area contributed by atoms with E-state index in [0.717, 1.165) is 5.56 Å². The fraction of sp³-hybridized carbons (Fsp3) is 0.400. The molecular weight excluding hydrogens is 363 g/mol. The predicted octanol–water partition coefficient (Wildman–Crippen LogP) is 1.65. The van der Waals surface area contributed by atoms with Crippen molar-refractivity contribution >= 4 is 11.8 Å². The molecule has 2 aliphatic heterocycles. The smallest absolute Gasteiger partial charge is 0.274 e. The van der Waals surface area contributed by atoms with E-state index in [1.165, 1.54) is 30.7 Å². The van der Waals surface area contributed by atoms with E-state index >= 15 is 0 Å². The van der Waals surface area contributed by atoms with Crippen LogP contribution in [-0.2, 0) is 16.1 Å². The molecule has 28 heavy (non-hydrogen) atoms. The molecule has 2 amide bonds. The average molecular weight is 384 g/mol. The number of ether oxygens (including phenoxy) is 1. The number of carbonyl (C=O) groups excluding carboxylic acids is 2. The van der Waals surface area contributed by atoms with Gasteiger partial charge >= 0.3 is 0 Å². The number of amides is 2. The third-order valence-corrected chi connectivity index (χ3v) is 5.36. The van der Waals surface area contributed by atoms with Crippen LogP contribution in [0.4, 0.5) is 4.39 Å². The van der Waals surface area contributed by atoms with Gasteiger partial charge in [-0.1, -0.05) is 12.1 Å². The second kappa shape index (κ2) is 7.63.